The number of esters is 1. The van der Waals surface area contributed by atoms with E-state index in [0.717, 1.165) is 21.6 Å². The first-order chi connectivity index (χ1) is 16.0. The lowest BCUT2D eigenvalue weighted by Gasteiger charge is -2.25. The standard InChI is InChI=1S/C26H19ClN2O3S/c27-20-9-6-16(7-10-20)12-21-15-28-26(33-21)29-24(30)18-8-11-22-19(13-18)14-23(32-25(22)31)17-4-2-1-3-5-17/h1-11,13,15,23H,12,14H2,(H,28,29,30)/t23-/m1/s1. The summed E-state index contributed by atoms with van der Waals surface area (Å²) in [6.07, 6.45) is 2.64. The van der Waals surface area contributed by atoms with Crippen molar-refractivity contribution in [3.8, 4) is 0 Å². The second-order valence-electron chi connectivity index (χ2n) is 7.77. The summed E-state index contributed by atoms with van der Waals surface area (Å²) in [6.45, 7) is 0. The molecule has 1 aliphatic rings. The van der Waals surface area contributed by atoms with Gasteiger partial charge < -0.3 is 4.74 Å². The van der Waals surface area contributed by atoms with Crippen molar-refractivity contribution >= 4 is 39.9 Å². The van der Waals surface area contributed by atoms with Crippen molar-refractivity contribution in [1.29, 1.82) is 0 Å². The summed E-state index contributed by atoms with van der Waals surface area (Å²) in [5, 5.41) is 4.09. The number of benzene rings is 3. The molecule has 7 heteroatoms. The summed E-state index contributed by atoms with van der Waals surface area (Å²) in [6, 6.07) is 22.3. The largest absolute Gasteiger partial charge is 0.454 e. The number of ether oxygens (including phenoxy) is 1. The lowest BCUT2D eigenvalue weighted by atomic mass is 9.93. The first kappa shape index (κ1) is 21.4. The molecule has 4 aromatic rings. The van der Waals surface area contributed by atoms with Gasteiger partial charge in [0.05, 0.1) is 5.56 Å². The number of rotatable bonds is 5. The summed E-state index contributed by atoms with van der Waals surface area (Å²) >= 11 is 7.37. The molecule has 2 heterocycles. The molecule has 0 aliphatic carbocycles. The SMILES string of the molecule is O=C(Nc1ncc(Cc2ccc(Cl)cc2)s1)c1ccc2c(c1)C[C@H](c1ccccc1)OC2=O. The number of fused-ring (bicyclic) bond motifs is 1. The van der Waals surface area contributed by atoms with E-state index < -0.39 is 0 Å². The van der Waals surface area contributed by atoms with E-state index in [4.69, 9.17) is 16.3 Å². The summed E-state index contributed by atoms with van der Waals surface area (Å²) < 4.78 is 5.60. The average molecular weight is 475 g/mol. The Morgan fingerprint density at radius 2 is 1.88 bits per heavy atom. The van der Waals surface area contributed by atoms with Gasteiger partial charge in [0, 0.05) is 34.5 Å². The zero-order valence-corrected chi connectivity index (χ0v) is 19.0. The molecule has 3 aromatic carbocycles. The van der Waals surface area contributed by atoms with Gasteiger partial charge in [0.25, 0.3) is 5.91 Å². The van der Waals surface area contributed by atoms with E-state index >= 15 is 0 Å². The fourth-order valence-corrected chi connectivity index (χ4v) is 4.78. The van der Waals surface area contributed by atoms with Gasteiger partial charge in [-0.3, -0.25) is 10.1 Å². The number of nitrogens with zero attached hydrogens (tertiary/aromatic N) is 1. The van der Waals surface area contributed by atoms with Crippen LogP contribution in [0.5, 0.6) is 0 Å². The van der Waals surface area contributed by atoms with Gasteiger partial charge in [-0.15, -0.1) is 11.3 Å². The van der Waals surface area contributed by atoms with Crippen LogP contribution in [0.3, 0.4) is 0 Å². The van der Waals surface area contributed by atoms with Gasteiger partial charge in [0.2, 0.25) is 0 Å². The third-order valence-corrected chi connectivity index (χ3v) is 6.64. The molecule has 5 rings (SSSR count). The second-order valence-corrected chi connectivity index (χ2v) is 9.32. The summed E-state index contributed by atoms with van der Waals surface area (Å²) in [7, 11) is 0. The van der Waals surface area contributed by atoms with Crippen molar-refractivity contribution in [3.63, 3.8) is 0 Å². The number of amides is 1. The molecule has 1 aromatic heterocycles. The number of carbonyl (C=O) groups is 2. The van der Waals surface area contributed by atoms with Gasteiger partial charge in [-0.25, -0.2) is 9.78 Å². The van der Waals surface area contributed by atoms with Crippen molar-refractivity contribution in [3.05, 3.63) is 117 Å². The van der Waals surface area contributed by atoms with Crippen LogP contribution in [0.15, 0.2) is 79.0 Å². The first-order valence-corrected chi connectivity index (χ1v) is 11.6. The van der Waals surface area contributed by atoms with E-state index in [1.807, 2.05) is 54.6 Å². The number of hydrogen-bond donors (Lipinski definition) is 1. The van der Waals surface area contributed by atoms with Crippen LogP contribution in [0.2, 0.25) is 5.02 Å². The second kappa shape index (κ2) is 9.17. The molecule has 0 unspecified atom stereocenters. The Labute approximate surface area is 200 Å². The fraction of sp³-hybridized carbons (Fsp3) is 0.115. The number of thiazole rings is 1. The Morgan fingerprint density at radius 1 is 1.09 bits per heavy atom. The molecular weight excluding hydrogens is 456 g/mol. The number of nitrogens with one attached hydrogen (secondary N) is 1. The molecule has 33 heavy (non-hydrogen) atoms. The lowest BCUT2D eigenvalue weighted by Crippen LogP contribution is -2.23. The Morgan fingerprint density at radius 3 is 2.67 bits per heavy atom. The fourth-order valence-electron chi connectivity index (χ4n) is 3.81. The maximum atomic E-state index is 12.9. The minimum absolute atomic E-state index is 0.264. The van der Waals surface area contributed by atoms with E-state index in [9.17, 15) is 9.59 Å². The van der Waals surface area contributed by atoms with E-state index in [2.05, 4.69) is 10.3 Å². The van der Waals surface area contributed by atoms with E-state index in [-0.39, 0.29) is 18.0 Å². The quantitative estimate of drug-likeness (QED) is 0.355. The van der Waals surface area contributed by atoms with Crippen molar-refractivity contribution in [2.45, 2.75) is 18.9 Å². The van der Waals surface area contributed by atoms with Gasteiger partial charge in [-0.2, -0.15) is 0 Å². The molecule has 1 aliphatic heterocycles. The molecular formula is C26H19ClN2O3S. The number of halogens is 1. The first-order valence-electron chi connectivity index (χ1n) is 10.4. The van der Waals surface area contributed by atoms with Gasteiger partial charge in [-0.05, 0) is 47.0 Å². The zero-order chi connectivity index (χ0) is 22.8. The molecule has 164 valence electrons. The van der Waals surface area contributed by atoms with E-state index in [0.29, 0.717) is 34.1 Å². The molecule has 1 N–H and O–H groups in total. The van der Waals surface area contributed by atoms with E-state index in [1.165, 1.54) is 11.3 Å². The number of hydrogen-bond acceptors (Lipinski definition) is 5. The number of aromatic nitrogens is 1. The minimum Gasteiger partial charge on any atom is -0.454 e. The smallest absolute Gasteiger partial charge is 0.339 e. The Balaban J connectivity index is 1.30. The van der Waals surface area contributed by atoms with Crippen molar-refractivity contribution < 1.29 is 14.3 Å². The lowest BCUT2D eigenvalue weighted by molar-refractivity contribution is 0.0252. The van der Waals surface area contributed by atoms with Gasteiger partial charge >= 0.3 is 5.97 Å². The Hall–Kier alpha value is -3.48. The van der Waals surface area contributed by atoms with Crippen LogP contribution >= 0.6 is 22.9 Å². The van der Waals surface area contributed by atoms with Crippen LogP contribution in [0.25, 0.3) is 0 Å². The third-order valence-electron chi connectivity index (χ3n) is 5.48. The monoisotopic (exact) mass is 474 g/mol. The van der Waals surface area contributed by atoms with Crippen LogP contribution in [-0.2, 0) is 17.6 Å². The number of cyclic esters (lactones) is 1. The third kappa shape index (κ3) is 4.82. The topological polar surface area (TPSA) is 68.3 Å². The molecule has 1 atom stereocenters. The van der Waals surface area contributed by atoms with Gasteiger partial charge in [0.1, 0.15) is 6.10 Å². The maximum absolute atomic E-state index is 12.9. The highest BCUT2D eigenvalue weighted by Crippen LogP contribution is 2.31. The highest BCUT2D eigenvalue weighted by atomic mass is 35.5. The molecule has 0 radical (unpaired) electrons. The van der Waals surface area contributed by atoms with Crippen molar-refractivity contribution in [2.24, 2.45) is 0 Å². The molecule has 5 nitrogen and oxygen atoms in total. The normalized spacial score (nSPS) is 14.9. The number of carbonyl (C=O) groups excluding carboxylic acids is 2. The van der Waals surface area contributed by atoms with Crippen LogP contribution < -0.4 is 5.32 Å². The minimum atomic E-state index is -0.371. The molecule has 0 saturated carbocycles. The Bertz CT molecular complexity index is 1320. The zero-order valence-electron chi connectivity index (χ0n) is 17.5. The predicted molar refractivity (Wildman–Crippen MR) is 129 cm³/mol. The number of anilines is 1. The predicted octanol–water partition coefficient (Wildman–Crippen LogP) is 6.09. The highest BCUT2D eigenvalue weighted by molar-refractivity contribution is 7.15. The van der Waals surface area contributed by atoms with Crippen LogP contribution in [0.1, 0.15) is 48.4 Å². The van der Waals surface area contributed by atoms with Crippen molar-refractivity contribution in [1.82, 2.24) is 4.98 Å². The van der Waals surface area contributed by atoms with Gasteiger partial charge in [0.15, 0.2) is 5.13 Å². The van der Waals surface area contributed by atoms with Crippen LogP contribution in [0.4, 0.5) is 5.13 Å². The summed E-state index contributed by atoms with van der Waals surface area (Å²) in [5.41, 5.74) is 3.83. The molecule has 0 fully saturated rings. The van der Waals surface area contributed by atoms with Crippen LogP contribution in [-0.4, -0.2) is 16.9 Å². The molecule has 0 saturated heterocycles. The summed E-state index contributed by atoms with van der Waals surface area (Å²) in [4.78, 5) is 30.7. The summed E-state index contributed by atoms with van der Waals surface area (Å²) in [5.74, 6) is -0.635. The highest BCUT2D eigenvalue weighted by Gasteiger charge is 2.28. The Kier molecular flexibility index (Phi) is 5.94. The molecule has 0 spiro atoms. The van der Waals surface area contributed by atoms with Crippen LogP contribution in [0, 0.1) is 0 Å². The maximum Gasteiger partial charge on any atom is 0.339 e. The van der Waals surface area contributed by atoms with Gasteiger partial charge in [-0.1, -0.05) is 54.1 Å². The van der Waals surface area contributed by atoms with Crippen molar-refractivity contribution in [2.75, 3.05) is 5.32 Å². The van der Waals surface area contributed by atoms with E-state index in [1.54, 1.807) is 24.4 Å². The molecule has 0 bridgehead atoms. The molecule has 1 amide bonds. The average Bonchev–Trinajstić information content (AvgIpc) is 3.27.